The summed E-state index contributed by atoms with van der Waals surface area (Å²) in [5, 5.41) is 8.27. The number of primary amides is 1. The minimum Gasteiger partial charge on any atom is -0.377 e. The molecule has 178 valence electrons. The van der Waals surface area contributed by atoms with Crippen LogP contribution in [0.4, 0.5) is 16.2 Å². The minimum atomic E-state index is -0.434. The van der Waals surface area contributed by atoms with Crippen LogP contribution in [-0.4, -0.2) is 49.2 Å². The average molecular weight is 511 g/mol. The first kappa shape index (κ1) is 24.3. The predicted octanol–water partition coefficient (Wildman–Crippen LogP) is 5.53. The van der Waals surface area contributed by atoms with E-state index in [4.69, 9.17) is 40.5 Å². The molecule has 2 aliphatic rings. The number of urea groups is 1. The third kappa shape index (κ3) is 5.99. The standard InChI is InChI=1S/C24H30Cl3N5O/c1-15(20-4-2-16(25)12-22(20)27)29-23-13-19(3-5-21(23)26)31-10-7-18(8-11-31)32-9-6-17(14-32)30-24(28)33/h2-5,12-13,15,17-18,29H,6-11,14H2,1H3,(H3,28,30,33)/t15-,17?/m1/s1. The Labute approximate surface area is 210 Å². The minimum absolute atomic E-state index is 0.0228. The van der Waals surface area contributed by atoms with Gasteiger partial charge < -0.3 is 21.3 Å². The highest BCUT2D eigenvalue weighted by molar-refractivity contribution is 6.35. The summed E-state index contributed by atoms with van der Waals surface area (Å²) in [5.74, 6) is 0. The van der Waals surface area contributed by atoms with E-state index in [1.807, 2.05) is 18.2 Å². The molecule has 6 nitrogen and oxygen atoms in total. The number of likely N-dealkylation sites (tertiary alicyclic amines) is 1. The lowest BCUT2D eigenvalue weighted by atomic mass is 10.0. The van der Waals surface area contributed by atoms with Gasteiger partial charge in [0.15, 0.2) is 0 Å². The van der Waals surface area contributed by atoms with E-state index in [0.717, 1.165) is 62.4 Å². The molecule has 2 aromatic carbocycles. The summed E-state index contributed by atoms with van der Waals surface area (Å²) in [5.41, 5.74) is 8.29. The van der Waals surface area contributed by atoms with Gasteiger partial charge in [0.1, 0.15) is 0 Å². The van der Waals surface area contributed by atoms with Crippen molar-refractivity contribution in [2.75, 3.05) is 36.4 Å². The van der Waals surface area contributed by atoms with Gasteiger partial charge in [-0.25, -0.2) is 4.79 Å². The molecule has 2 heterocycles. The number of carbonyl (C=O) groups excluding carboxylic acids is 1. The summed E-state index contributed by atoms with van der Waals surface area (Å²) >= 11 is 18.9. The van der Waals surface area contributed by atoms with Crippen molar-refractivity contribution in [3.8, 4) is 0 Å². The van der Waals surface area contributed by atoms with E-state index >= 15 is 0 Å². The van der Waals surface area contributed by atoms with E-state index in [9.17, 15) is 4.79 Å². The number of amides is 2. The van der Waals surface area contributed by atoms with Gasteiger partial charge in [-0.05, 0) is 62.1 Å². The molecule has 0 aromatic heterocycles. The van der Waals surface area contributed by atoms with E-state index < -0.39 is 6.03 Å². The van der Waals surface area contributed by atoms with Gasteiger partial charge in [0, 0.05) is 54.0 Å². The maximum atomic E-state index is 11.1. The number of anilines is 2. The summed E-state index contributed by atoms with van der Waals surface area (Å²) in [6, 6.07) is 11.9. The second-order valence-electron chi connectivity index (χ2n) is 8.90. The molecule has 2 aromatic rings. The van der Waals surface area contributed by atoms with Gasteiger partial charge >= 0.3 is 6.03 Å². The van der Waals surface area contributed by atoms with E-state index in [0.29, 0.717) is 21.1 Å². The summed E-state index contributed by atoms with van der Waals surface area (Å²) < 4.78 is 0. The van der Waals surface area contributed by atoms with Gasteiger partial charge in [0.2, 0.25) is 0 Å². The Morgan fingerprint density at radius 1 is 1.03 bits per heavy atom. The van der Waals surface area contributed by atoms with Gasteiger partial charge in [0.05, 0.1) is 16.8 Å². The van der Waals surface area contributed by atoms with Gasteiger partial charge in [-0.1, -0.05) is 40.9 Å². The molecule has 4 rings (SSSR count). The second kappa shape index (κ2) is 10.6. The van der Waals surface area contributed by atoms with Crippen molar-refractivity contribution >= 4 is 52.2 Å². The molecule has 9 heteroatoms. The van der Waals surface area contributed by atoms with Crippen molar-refractivity contribution in [2.45, 2.75) is 44.3 Å². The highest BCUT2D eigenvalue weighted by Gasteiger charge is 2.31. The average Bonchev–Trinajstić information content (AvgIpc) is 3.23. The smallest absolute Gasteiger partial charge is 0.312 e. The molecule has 0 bridgehead atoms. The lowest BCUT2D eigenvalue weighted by Gasteiger charge is -2.38. The van der Waals surface area contributed by atoms with Gasteiger partial charge in [0.25, 0.3) is 0 Å². The predicted molar refractivity (Wildman–Crippen MR) is 138 cm³/mol. The molecule has 2 saturated heterocycles. The molecule has 2 fully saturated rings. The van der Waals surface area contributed by atoms with Crippen LogP contribution in [0.15, 0.2) is 36.4 Å². The van der Waals surface area contributed by atoms with Crippen molar-refractivity contribution in [3.05, 3.63) is 57.0 Å². The van der Waals surface area contributed by atoms with Crippen molar-refractivity contribution in [1.29, 1.82) is 0 Å². The summed E-state index contributed by atoms with van der Waals surface area (Å²) in [7, 11) is 0. The Hall–Kier alpha value is -1.86. The lowest BCUT2D eigenvalue weighted by Crippen LogP contribution is -2.46. The SMILES string of the molecule is C[C@@H](Nc1cc(N2CCC(N3CCC(NC(N)=O)C3)CC2)ccc1Cl)c1ccc(Cl)cc1Cl. The molecule has 4 N–H and O–H groups in total. The van der Waals surface area contributed by atoms with Crippen LogP contribution in [0, 0.1) is 0 Å². The van der Waals surface area contributed by atoms with E-state index in [1.54, 1.807) is 6.07 Å². The number of hydrogen-bond donors (Lipinski definition) is 3. The molecule has 0 radical (unpaired) electrons. The third-order valence-electron chi connectivity index (χ3n) is 6.66. The third-order valence-corrected chi connectivity index (χ3v) is 7.56. The molecule has 33 heavy (non-hydrogen) atoms. The van der Waals surface area contributed by atoms with Crippen LogP contribution in [0.1, 0.15) is 37.8 Å². The highest BCUT2D eigenvalue weighted by atomic mass is 35.5. The summed E-state index contributed by atoms with van der Waals surface area (Å²) in [6.07, 6.45) is 3.14. The first-order valence-corrected chi connectivity index (χ1v) is 12.5. The first-order chi connectivity index (χ1) is 15.8. The fourth-order valence-electron chi connectivity index (χ4n) is 4.91. The fraction of sp³-hybridized carbons (Fsp3) is 0.458. The molecule has 2 aliphatic heterocycles. The van der Waals surface area contributed by atoms with Gasteiger partial charge in [-0.2, -0.15) is 0 Å². The van der Waals surface area contributed by atoms with Crippen LogP contribution in [0.3, 0.4) is 0 Å². The molecule has 2 atom stereocenters. The van der Waals surface area contributed by atoms with Crippen LogP contribution in [0.5, 0.6) is 0 Å². The van der Waals surface area contributed by atoms with Gasteiger partial charge in [-0.15, -0.1) is 0 Å². The van der Waals surface area contributed by atoms with E-state index in [1.165, 1.54) is 0 Å². The van der Waals surface area contributed by atoms with Crippen LogP contribution >= 0.6 is 34.8 Å². The number of nitrogens with one attached hydrogen (secondary N) is 2. The second-order valence-corrected chi connectivity index (χ2v) is 10.2. The number of halogens is 3. The molecular formula is C24H30Cl3N5O. The monoisotopic (exact) mass is 509 g/mol. The van der Waals surface area contributed by atoms with Gasteiger partial charge in [-0.3, -0.25) is 4.90 Å². The number of hydrogen-bond acceptors (Lipinski definition) is 4. The normalized spacial score (nSPS) is 20.6. The zero-order valence-corrected chi connectivity index (χ0v) is 20.9. The Morgan fingerprint density at radius 2 is 1.79 bits per heavy atom. The molecule has 0 spiro atoms. The lowest BCUT2D eigenvalue weighted by molar-refractivity contribution is 0.202. The Kier molecular flexibility index (Phi) is 7.80. The quantitative estimate of drug-likeness (QED) is 0.478. The maximum absolute atomic E-state index is 11.1. The molecule has 2 amide bonds. The van der Waals surface area contributed by atoms with Crippen molar-refractivity contribution < 1.29 is 4.79 Å². The Bertz CT molecular complexity index is 996. The fourth-order valence-corrected chi connectivity index (χ4v) is 5.66. The largest absolute Gasteiger partial charge is 0.377 e. The zero-order valence-electron chi connectivity index (χ0n) is 18.7. The van der Waals surface area contributed by atoms with Crippen LogP contribution in [0.2, 0.25) is 15.1 Å². The summed E-state index contributed by atoms with van der Waals surface area (Å²) in [4.78, 5) is 16.0. The zero-order chi connectivity index (χ0) is 23.5. The molecule has 1 unspecified atom stereocenters. The number of nitrogens with zero attached hydrogens (tertiary/aromatic N) is 2. The topological polar surface area (TPSA) is 73.6 Å². The van der Waals surface area contributed by atoms with Crippen LogP contribution in [-0.2, 0) is 0 Å². The maximum Gasteiger partial charge on any atom is 0.312 e. The number of piperidine rings is 1. The van der Waals surface area contributed by atoms with Crippen molar-refractivity contribution in [3.63, 3.8) is 0 Å². The Balaban J connectivity index is 1.37. The van der Waals surface area contributed by atoms with E-state index in [-0.39, 0.29) is 12.1 Å². The molecule has 0 aliphatic carbocycles. The van der Waals surface area contributed by atoms with E-state index in [2.05, 4.69) is 39.5 Å². The summed E-state index contributed by atoms with van der Waals surface area (Å²) in [6.45, 7) is 5.91. The molecular weight excluding hydrogens is 481 g/mol. The van der Waals surface area contributed by atoms with Crippen molar-refractivity contribution in [1.82, 2.24) is 10.2 Å². The molecule has 0 saturated carbocycles. The number of nitrogens with two attached hydrogens (primary N) is 1. The van der Waals surface area contributed by atoms with Crippen molar-refractivity contribution in [2.24, 2.45) is 5.73 Å². The van der Waals surface area contributed by atoms with Crippen LogP contribution in [0.25, 0.3) is 0 Å². The number of benzene rings is 2. The number of rotatable bonds is 6. The highest BCUT2D eigenvalue weighted by Crippen LogP contribution is 2.34. The number of carbonyl (C=O) groups is 1. The van der Waals surface area contributed by atoms with Crippen LogP contribution < -0.4 is 21.3 Å². The Morgan fingerprint density at radius 3 is 2.48 bits per heavy atom. The first-order valence-electron chi connectivity index (χ1n) is 11.4.